The van der Waals surface area contributed by atoms with Crippen LogP contribution in [0, 0.1) is 16.7 Å². The normalized spacial score (nSPS) is 13.0. The second-order valence-corrected chi connectivity index (χ2v) is 5.45. The van der Waals surface area contributed by atoms with Crippen LogP contribution in [-0.2, 0) is 0 Å². The van der Waals surface area contributed by atoms with E-state index >= 15 is 0 Å². The number of rotatable bonds is 2. The first-order chi connectivity index (χ1) is 7.34. The van der Waals surface area contributed by atoms with E-state index in [1.165, 1.54) is 0 Å². The fourth-order valence-corrected chi connectivity index (χ4v) is 1.38. The van der Waals surface area contributed by atoms with Gasteiger partial charge in [0.15, 0.2) is 0 Å². The molecule has 0 bridgehead atoms. The average Bonchev–Trinajstić information content (AvgIpc) is 2.16. The monoisotopic (exact) mass is 236 g/mol. The van der Waals surface area contributed by atoms with Gasteiger partial charge < -0.3 is 5.32 Å². The van der Waals surface area contributed by atoms with Gasteiger partial charge in [0.1, 0.15) is 6.07 Å². The molecule has 0 aliphatic rings. The zero-order chi connectivity index (χ0) is 12.3. The summed E-state index contributed by atoms with van der Waals surface area (Å²) in [6.45, 7) is 8.66. The van der Waals surface area contributed by atoms with Crippen molar-refractivity contribution in [3.8, 4) is 6.07 Å². The SMILES string of the molecule is CC(Nc1ccc(C#N)c(Cl)c1)C(C)(C)C. The van der Waals surface area contributed by atoms with Gasteiger partial charge in [0, 0.05) is 11.7 Å². The van der Waals surface area contributed by atoms with Crippen molar-refractivity contribution in [2.75, 3.05) is 5.32 Å². The molecule has 0 aliphatic carbocycles. The Labute approximate surface area is 102 Å². The molecule has 0 aromatic heterocycles. The van der Waals surface area contributed by atoms with Crippen LogP contribution in [-0.4, -0.2) is 6.04 Å². The van der Waals surface area contributed by atoms with Crippen LogP contribution < -0.4 is 5.32 Å². The van der Waals surface area contributed by atoms with Gasteiger partial charge in [-0.3, -0.25) is 0 Å². The Morgan fingerprint density at radius 3 is 2.44 bits per heavy atom. The Hall–Kier alpha value is -1.20. The van der Waals surface area contributed by atoms with Gasteiger partial charge in [-0.1, -0.05) is 32.4 Å². The molecule has 86 valence electrons. The molecule has 2 nitrogen and oxygen atoms in total. The van der Waals surface area contributed by atoms with E-state index in [0.717, 1.165) is 5.69 Å². The standard InChI is InChI=1S/C13H17ClN2/c1-9(13(2,3)4)16-11-6-5-10(8-15)12(14)7-11/h5-7,9,16H,1-4H3. The van der Waals surface area contributed by atoms with E-state index in [4.69, 9.17) is 16.9 Å². The first kappa shape index (κ1) is 12.9. The van der Waals surface area contributed by atoms with Crippen LogP contribution in [0.2, 0.25) is 5.02 Å². The number of anilines is 1. The lowest BCUT2D eigenvalue weighted by Gasteiger charge is -2.29. The van der Waals surface area contributed by atoms with Crippen molar-refractivity contribution >= 4 is 17.3 Å². The predicted molar refractivity (Wildman–Crippen MR) is 68.7 cm³/mol. The van der Waals surface area contributed by atoms with E-state index in [1.807, 2.05) is 12.1 Å². The first-order valence-electron chi connectivity index (χ1n) is 5.31. The summed E-state index contributed by atoms with van der Waals surface area (Å²) < 4.78 is 0. The third-order valence-corrected chi connectivity index (χ3v) is 3.08. The second kappa shape index (κ2) is 4.76. The van der Waals surface area contributed by atoms with Crippen molar-refractivity contribution in [3.05, 3.63) is 28.8 Å². The predicted octanol–water partition coefficient (Wildman–Crippen LogP) is 4.06. The van der Waals surface area contributed by atoms with E-state index in [-0.39, 0.29) is 5.41 Å². The van der Waals surface area contributed by atoms with Crippen molar-refractivity contribution in [2.24, 2.45) is 5.41 Å². The Balaban J connectivity index is 2.85. The second-order valence-electron chi connectivity index (χ2n) is 5.04. The van der Waals surface area contributed by atoms with E-state index in [0.29, 0.717) is 16.6 Å². The van der Waals surface area contributed by atoms with Crippen LogP contribution in [0.3, 0.4) is 0 Å². The summed E-state index contributed by atoms with van der Waals surface area (Å²) in [7, 11) is 0. The van der Waals surface area contributed by atoms with E-state index < -0.39 is 0 Å². The maximum atomic E-state index is 8.77. The molecule has 1 unspecified atom stereocenters. The summed E-state index contributed by atoms with van der Waals surface area (Å²) >= 11 is 5.96. The Kier molecular flexibility index (Phi) is 3.83. The van der Waals surface area contributed by atoms with Gasteiger partial charge >= 0.3 is 0 Å². The van der Waals surface area contributed by atoms with E-state index in [1.54, 1.807) is 12.1 Å². The van der Waals surface area contributed by atoms with Crippen LogP contribution in [0.1, 0.15) is 33.3 Å². The Bertz CT molecular complexity index is 413. The first-order valence-corrected chi connectivity index (χ1v) is 5.68. The summed E-state index contributed by atoms with van der Waals surface area (Å²) in [4.78, 5) is 0. The summed E-state index contributed by atoms with van der Waals surface area (Å²) in [6.07, 6.45) is 0. The van der Waals surface area contributed by atoms with Crippen molar-refractivity contribution in [3.63, 3.8) is 0 Å². The lowest BCUT2D eigenvalue weighted by molar-refractivity contribution is 0.359. The average molecular weight is 237 g/mol. The highest BCUT2D eigenvalue weighted by atomic mass is 35.5. The fraction of sp³-hybridized carbons (Fsp3) is 0.462. The molecule has 0 fully saturated rings. The lowest BCUT2D eigenvalue weighted by atomic mass is 9.88. The maximum Gasteiger partial charge on any atom is 0.101 e. The van der Waals surface area contributed by atoms with Gasteiger partial charge in [0.25, 0.3) is 0 Å². The molecule has 1 aromatic rings. The largest absolute Gasteiger partial charge is 0.382 e. The smallest absolute Gasteiger partial charge is 0.101 e. The van der Waals surface area contributed by atoms with Crippen molar-refractivity contribution < 1.29 is 0 Å². The third-order valence-electron chi connectivity index (χ3n) is 2.77. The van der Waals surface area contributed by atoms with Crippen LogP contribution in [0.4, 0.5) is 5.69 Å². The van der Waals surface area contributed by atoms with Gasteiger partial charge in [-0.15, -0.1) is 0 Å². The van der Waals surface area contributed by atoms with Gasteiger partial charge in [0.05, 0.1) is 10.6 Å². The number of nitriles is 1. The van der Waals surface area contributed by atoms with Gasteiger partial charge in [0.2, 0.25) is 0 Å². The number of benzene rings is 1. The molecule has 1 atom stereocenters. The molecule has 0 heterocycles. The van der Waals surface area contributed by atoms with Gasteiger partial charge in [-0.25, -0.2) is 0 Å². The molecule has 16 heavy (non-hydrogen) atoms. The summed E-state index contributed by atoms with van der Waals surface area (Å²) in [5.41, 5.74) is 1.64. The maximum absolute atomic E-state index is 8.77. The lowest BCUT2D eigenvalue weighted by Crippen LogP contribution is -2.30. The van der Waals surface area contributed by atoms with Crippen molar-refractivity contribution in [2.45, 2.75) is 33.7 Å². The molecule has 0 saturated carbocycles. The van der Waals surface area contributed by atoms with Gasteiger partial charge in [-0.05, 0) is 30.5 Å². The topological polar surface area (TPSA) is 35.8 Å². The minimum Gasteiger partial charge on any atom is -0.382 e. The minimum atomic E-state index is 0.181. The van der Waals surface area contributed by atoms with E-state index in [2.05, 4.69) is 33.0 Å². The molecular weight excluding hydrogens is 220 g/mol. The molecule has 0 radical (unpaired) electrons. The molecule has 1 N–H and O–H groups in total. The molecule has 0 aliphatic heterocycles. The number of nitrogens with zero attached hydrogens (tertiary/aromatic N) is 1. The number of halogens is 1. The van der Waals surface area contributed by atoms with Crippen LogP contribution >= 0.6 is 11.6 Å². The molecular formula is C13H17ClN2. The molecule has 1 aromatic carbocycles. The van der Waals surface area contributed by atoms with Crippen LogP contribution in [0.15, 0.2) is 18.2 Å². The van der Waals surface area contributed by atoms with Gasteiger partial charge in [-0.2, -0.15) is 5.26 Å². The Morgan fingerprint density at radius 2 is 2.00 bits per heavy atom. The molecule has 0 spiro atoms. The fourth-order valence-electron chi connectivity index (χ4n) is 1.16. The van der Waals surface area contributed by atoms with Crippen molar-refractivity contribution in [1.82, 2.24) is 0 Å². The highest BCUT2D eigenvalue weighted by molar-refractivity contribution is 6.32. The Morgan fingerprint density at radius 1 is 1.38 bits per heavy atom. The number of hydrogen-bond donors (Lipinski definition) is 1. The molecule has 3 heteroatoms. The van der Waals surface area contributed by atoms with Crippen LogP contribution in [0.5, 0.6) is 0 Å². The number of nitrogens with one attached hydrogen (secondary N) is 1. The summed E-state index contributed by atoms with van der Waals surface area (Å²) in [5, 5.41) is 12.6. The van der Waals surface area contributed by atoms with E-state index in [9.17, 15) is 0 Å². The molecule has 1 rings (SSSR count). The third kappa shape index (κ3) is 3.15. The van der Waals surface area contributed by atoms with Crippen LogP contribution in [0.25, 0.3) is 0 Å². The zero-order valence-electron chi connectivity index (χ0n) is 10.1. The molecule has 0 saturated heterocycles. The minimum absolute atomic E-state index is 0.181. The molecule has 0 amide bonds. The summed E-state index contributed by atoms with van der Waals surface area (Å²) in [5.74, 6) is 0. The summed E-state index contributed by atoms with van der Waals surface area (Å²) in [6, 6.07) is 7.79. The number of hydrogen-bond acceptors (Lipinski definition) is 2. The quantitative estimate of drug-likeness (QED) is 0.841. The highest BCUT2D eigenvalue weighted by Crippen LogP contribution is 2.25. The zero-order valence-corrected chi connectivity index (χ0v) is 10.9. The highest BCUT2D eigenvalue weighted by Gasteiger charge is 2.19. The van der Waals surface area contributed by atoms with Crippen molar-refractivity contribution in [1.29, 1.82) is 5.26 Å².